The van der Waals surface area contributed by atoms with Crippen molar-refractivity contribution < 1.29 is 5.11 Å². The van der Waals surface area contributed by atoms with Gasteiger partial charge in [0, 0.05) is 19.6 Å². The second-order valence-electron chi connectivity index (χ2n) is 4.05. The Morgan fingerprint density at radius 3 is 2.24 bits per heavy atom. The first-order chi connectivity index (χ1) is 8.27. The lowest BCUT2D eigenvalue weighted by atomic mass is 10.1. The highest BCUT2D eigenvalue weighted by molar-refractivity contribution is 5.17. The van der Waals surface area contributed by atoms with E-state index in [0.717, 1.165) is 31.6 Å². The molecule has 1 aromatic rings. The maximum atomic E-state index is 10.0. The first-order valence-corrected chi connectivity index (χ1v) is 5.95. The van der Waals surface area contributed by atoms with Gasteiger partial charge < -0.3 is 5.11 Å². The molecule has 0 fully saturated rings. The molecular weight excluding hydrogens is 210 g/mol. The molecule has 0 aliphatic carbocycles. The van der Waals surface area contributed by atoms with Gasteiger partial charge in [-0.2, -0.15) is 0 Å². The minimum absolute atomic E-state index is 0.395. The Balaban J connectivity index is 2.43. The summed E-state index contributed by atoms with van der Waals surface area (Å²) in [4.78, 5) is 2.20. The van der Waals surface area contributed by atoms with E-state index in [9.17, 15) is 5.11 Å². The summed E-state index contributed by atoms with van der Waals surface area (Å²) in [5.41, 5.74) is 0.977. The Morgan fingerprint density at radius 1 is 1.12 bits per heavy atom. The lowest BCUT2D eigenvalue weighted by Crippen LogP contribution is -2.26. The molecule has 1 aromatic carbocycles. The summed E-state index contributed by atoms with van der Waals surface area (Å²) >= 11 is 0. The predicted octanol–water partition coefficient (Wildman–Crippen LogP) is 2.78. The van der Waals surface area contributed by atoms with Gasteiger partial charge in [-0.3, -0.25) is 4.90 Å². The Kier molecular flexibility index (Phi) is 6.30. The van der Waals surface area contributed by atoms with Crippen molar-refractivity contribution in [3.63, 3.8) is 0 Å². The van der Waals surface area contributed by atoms with Gasteiger partial charge >= 0.3 is 0 Å². The van der Waals surface area contributed by atoms with Crippen LogP contribution in [0.5, 0.6) is 0 Å². The summed E-state index contributed by atoms with van der Waals surface area (Å²) in [6.45, 7) is 9.95. The fraction of sp³-hybridized carbons (Fsp3) is 0.333. The van der Waals surface area contributed by atoms with Crippen LogP contribution in [0.2, 0.25) is 0 Å². The average Bonchev–Trinajstić information content (AvgIpc) is 2.37. The second kappa shape index (κ2) is 7.82. The van der Waals surface area contributed by atoms with Crippen LogP contribution in [0.3, 0.4) is 0 Å². The van der Waals surface area contributed by atoms with E-state index < -0.39 is 6.10 Å². The van der Waals surface area contributed by atoms with E-state index in [4.69, 9.17) is 0 Å². The van der Waals surface area contributed by atoms with Crippen LogP contribution < -0.4 is 0 Å². The molecule has 0 spiro atoms. The summed E-state index contributed by atoms with van der Waals surface area (Å²) in [5, 5.41) is 10.0. The molecular formula is C15H21NO. The Hall–Kier alpha value is -1.38. The third-order valence-electron chi connectivity index (χ3n) is 2.68. The molecule has 92 valence electrons. The molecule has 2 heteroatoms. The molecule has 0 radical (unpaired) electrons. The monoisotopic (exact) mass is 231 g/mol. The maximum absolute atomic E-state index is 10.0. The zero-order valence-corrected chi connectivity index (χ0v) is 10.3. The lowest BCUT2D eigenvalue weighted by molar-refractivity contribution is 0.148. The molecule has 0 bridgehead atoms. The van der Waals surface area contributed by atoms with Gasteiger partial charge in [-0.1, -0.05) is 42.5 Å². The van der Waals surface area contributed by atoms with Gasteiger partial charge in [-0.05, 0) is 12.0 Å². The van der Waals surface area contributed by atoms with Gasteiger partial charge in [0.15, 0.2) is 0 Å². The van der Waals surface area contributed by atoms with Crippen LogP contribution in [0.15, 0.2) is 55.6 Å². The number of hydrogen-bond donors (Lipinski definition) is 1. The largest absolute Gasteiger partial charge is 0.388 e. The van der Waals surface area contributed by atoms with Crippen LogP contribution in [0.1, 0.15) is 18.1 Å². The standard InChI is InChI=1S/C15H21NO/c1-3-11-16(12-4-2)13-10-15(17)14-8-6-5-7-9-14/h3-9,15,17H,1-2,10-13H2. The van der Waals surface area contributed by atoms with E-state index in [-0.39, 0.29) is 0 Å². The Bertz CT molecular complexity index is 324. The van der Waals surface area contributed by atoms with E-state index in [0.29, 0.717) is 0 Å². The van der Waals surface area contributed by atoms with Crippen LogP contribution >= 0.6 is 0 Å². The van der Waals surface area contributed by atoms with Gasteiger partial charge in [0.25, 0.3) is 0 Å². The van der Waals surface area contributed by atoms with E-state index in [1.807, 2.05) is 42.5 Å². The topological polar surface area (TPSA) is 23.5 Å². The summed E-state index contributed by atoms with van der Waals surface area (Å²) in [6, 6.07) is 9.76. The van der Waals surface area contributed by atoms with E-state index in [1.165, 1.54) is 0 Å². The van der Waals surface area contributed by atoms with Crippen molar-refractivity contribution in [1.29, 1.82) is 0 Å². The molecule has 17 heavy (non-hydrogen) atoms. The summed E-state index contributed by atoms with van der Waals surface area (Å²) < 4.78 is 0. The average molecular weight is 231 g/mol. The van der Waals surface area contributed by atoms with Gasteiger partial charge in [0.1, 0.15) is 0 Å². The van der Waals surface area contributed by atoms with Gasteiger partial charge in [-0.15, -0.1) is 13.2 Å². The number of aliphatic hydroxyl groups is 1. The zero-order valence-electron chi connectivity index (χ0n) is 10.3. The smallest absolute Gasteiger partial charge is 0.0802 e. The SMILES string of the molecule is C=CCN(CC=C)CCC(O)c1ccccc1. The van der Waals surface area contributed by atoms with Crippen LogP contribution in [-0.4, -0.2) is 29.6 Å². The second-order valence-corrected chi connectivity index (χ2v) is 4.05. The highest BCUT2D eigenvalue weighted by Gasteiger charge is 2.09. The summed E-state index contributed by atoms with van der Waals surface area (Å²) in [5.74, 6) is 0. The number of aliphatic hydroxyl groups excluding tert-OH is 1. The maximum Gasteiger partial charge on any atom is 0.0802 e. The molecule has 0 saturated heterocycles. The van der Waals surface area contributed by atoms with Crippen molar-refractivity contribution in [2.45, 2.75) is 12.5 Å². The molecule has 1 atom stereocenters. The fourth-order valence-electron chi connectivity index (χ4n) is 1.77. The van der Waals surface area contributed by atoms with Crippen LogP contribution in [-0.2, 0) is 0 Å². The number of rotatable bonds is 8. The molecule has 0 heterocycles. The van der Waals surface area contributed by atoms with Crippen molar-refractivity contribution in [1.82, 2.24) is 4.90 Å². The molecule has 1 unspecified atom stereocenters. The number of benzene rings is 1. The minimum Gasteiger partial charge on any atom is -0.388 e. The Morgan fingerprint density at radius 2 is 1.71 bits per heavy atom. The van der Waals surface area contributed by atoms with Crippen molar-refractivity contribution >= 4 is 0 Å². The normalized spacial score (nSPS) is 12.4. The Labute approximate surface area is 104 Å². The molecule has 1 N–H and O–H groups in total. The molecule has 0 amide bonds. The molecule has 2 nitrogen and oxygen atoms in total. The third kappa shape index (κ3) is 4.98. The molecule has 0 aromatic heterocycles. The summed E-state index contributed by atoms with van der Waals surface area (Å²) in [7, 11) is 0. The first kappa shape index (κ1) is 13.7. The van der Waals surface area contributed by atoms with Crippen molar-refractivity contribution in [2.24, 2.45) is 0 Å². The van der Waals surface area contributed by atoms with E-state index >= 15 is 0 Å². The third-order valence-corrected chi connectivity index (χ3v) is 2.68. The lowest BCUT2D eigenvalue weighted by Gasteiger charge is -2.20. The minimum atomic E-state index is -0.395. The van der Waals surface area contributed by atoms with Gasteiger partial charge in [0.05, 0.1) is 6.10 Å². The summed E-state index contributed by atoms with van der Waals surface area (Å²) in [6.07, 6.45) is 4.08. The molecule has 0 saturated carbocycles. The highest BCUT2D eigenvalue weighted by atomic mass is 16.3. The number of nitrogens with zero attached hydrogens (tertiary/aromatic N) is 1. The van der Waals surface area contributed by atoms with E-state index in [1.54, 1.807) is 0 Å². The highest BCUT2D eigenvalue weighted by Crippen LogP contribution is 2.16. The van der Waals surface area contributed by atoms with Crippen molar-refractivity contribution in [2.75, 3.05) is 19.6 Å². The van der Waals surface area contributed by atoms with Crippen LogP contribution in [0, 0.1) is 0 Å². The van der Waals surface area contributed by atoms with Crippen molar-refractivity contribution in [3.8, 4) is 0 Å². The number of hydrogen-bond acceptors (Lipinski definition) is 2. The van der Waals surface area contributed by atoms with E-state index in [2.05, 4.69) is 18.1 Å². The molecule has 0 aliphatic rings. The van der Waals surface area contributed by atoms with Gasteiger partial charge in [-0.25, -0.2) is 0 Å². The van der Waals surface area contributed by atoms with Crippen LogP contribution in [0.4, 0.5) is 0 Å². The zero-order chi connectivity index (χ0) is 12.5. The predicted molar refractivity (Wildman–Crippen MR) is 72.9 cm³/mol. The molecule has 1 rings (SSSR count). The van der Waals surface area contributed by atoms with Crippen LogP contribution in [0.25, 0.3) is 0 Å². The van der Waals surface area contributed by atoms with Gasteiger partial charge in [0.2, 0.25) is 0 Å². The quantitative estimate of drug-likeness (QED) is 0.695. The first-order valence-electron chi connectivity index (χ1n) is 5.95. The van der Waals surface area contributed by atoms with Crippen molar-refractivity contribution in [3.05, 3.63) is 61.2 Å². The molecule has 0 aliphatic heterocycles. The fourth-order valence-corrected chi connectivity index (χ4v) is 1.77.